The second kappa shape index (κ2) is 4.71. The Kier molecular flexibility index (Phi) is 3.80. The first-order valence-corrected chi connectivity index (χ1v) is 5.15. The van der Waals surface area contributed by atoms with E-state index < -0.39 is 12.0 Å². The second-order valence-corrected chi connectivity index (χ2v) is 4.03. The summed E-state index contributed by atoms with van der Waals surface area (Å²) in [7, 11) is 0. The van der Waals surface area contributed by atoms with Crippen LogP contribution in [0.15, 0.2) is 24.3 Å². The van der Waals surface area contributed by atoms with Crippen LogP contribution in [0, 0.1) is 0 Å². The summed E-state index contributed by atoms with van der Waals surface area (Å²) in [6.45, 7) is 3.44. The summed E-state index contributed by atoms with van der Waals surface area (Å²) >= 11 is 0. The van der Waals surface area contributed by atoms with Crippen LogP contribution in [0.25, 0.3) is 0 Å². The van der Waals surface area contributed by atoms with Gasteiger partial charge in [0.05, 0.1) is 5.54 Å². The Bertz CT molecular complexity index is 304. The van der Waals surface area contributed by atoms with Crippen LogP contribution < -0.4 is 5.73 Å². The third-order valence-corrected chi connectivity index (χ3v) is 2.57. The Labute approximate surface area is 89.3 Å². The third-order valence-electron chi connectivity index (χ3n) is 2.57. The SMILES string of the molecule is CCCc1ccc(C(C)(N)C(F)F)cc1. The molecular weight excluding hydrogens is 196 g/mol. The quantitative estimate of drug-likeness (QED) is 0.817. The van der Waals surface area contributed by atoms with E-state index in [1.807, 2.05) is 12.1 Å². The molecule has 1 aromatic carbocycles. The Morgan fingerprint density at radius 3 is 2.20 bits per heavy atom. The molecule has 3 heteroatoms. The lowest BCUT2D eigenvalue weighted by Crippen LogP contribution is -2.40. The summed E-state index contributed by atoms with van der Waals surface area (Å²) in [4.78, 5) is 0. The topological polar surface area (TPSA) is 26.0 Å². The van der Waals surface area contributed by atoms with E-state index in [4.69, 9.17) is 5.73 Å². The van der Waals surface area contributed by atoms with Gasteiger partial charge in [0.1, 0.15) is 0 Å². The monoisotopic (exact) mass is 213 g/mol. The second-order valence-electron chi connectivity index (χ2n) is 4.03. The molecule has 1 nitrogen and oxygen atoms in total. The molecule has 0 aliphatic carbocycles. The number of alkyl halides is 2. The molecule has 1 aromatic rings. The molecule has 0 aliphatic heterocycles. The molecule has 1 rings (SSSR count). The van der Waals surface area contributed by atoms with Gasteiger partial charge in [-0.2, -0.15) is 0 Å². The van der Waals surface area contributed by atoms with Crippen molar-refractivity contribution in [3.63, 3.8) is 0 Å². The standard InChI is InChI=1S/C12H17F2N/c1-3-4-9-5-7-10(8-6-9)12(2,15)11(13)14/h5-8,11H,3-4,15H2,1-2H3. The lowest BCUT2D eigenvalue weighted by atomic mass is 9.92. The molecule has 84 valence electrons. The van der Waals surface area contributed by atoms with Crippen LogP contribution >= 0.6 is 0 Å². The Morgan fingerprint density at radius 1 is 1.27 bits per heavy atom. The summed E-state index contributed by atoms with van der Waals surface area (Å²) in [5.41, 5.74) is 5.65. The highest BCUT2D eigenvalue weighted by Gasteiger charge is 2.31. The predicted octanol–water partition coefficient (Wildman–Crippen LogP) is 3.08. The normalized spacial score (nSPS) is 15.3. The molecule has 0 radical (unpaired) electrons. The van der Waals surface area contributed by atoms with E-state index in [9.17, 15) is 8.78 Å². The zero-order valence-corrected chi connectivity index (χ0v) is 9.13. The number of nitrogens with two attached hydrogens (primary N) is 1. The Balaban J connectivity index is 2.88. The van der Waals surface area contributed by atoms with Gasteiger partial charge in [-0.3, -0.25) is 0 Å². The highest BCUT2D eigenvalue weighted by molar-refractivity contribution is 5.28. The van der Waals surface area contributed by atoms with Gasteiger partial charge in [-0.15, -0.1) is 0 Å². The first kappa shape index (κ1) is 12.1. The number of hydrogen-bond acceptors (Lipinski definition) is 1. The largest absolute Gasteiger partial charge is 0.317 e. The molecule has 1 unspecified atom stereocenters. The molecule has 0 amide bonds. The zero-order chi connectivity index (χ0) is 11.5. The summed E-state index contributed by atoms with van der Waals surface area (Å²) in [5.74, 6) is 0. The maximum atomic E-state index is 12.6. The molecule has 0 spiro atoms. The number of benzene rings is 1. The van der Waals surface area contributed by atoms with Crippen molar-refractivity contribution in [1.82, 2.24) is 0 Å². The lowest BCUT2D eigenvalue weighted by Gasteiger charge is -2.24. The van der Waals surface area contributed by atoms with Crippen molar-refractivity contribution in [2.24, 2.45) is 5.73 Å². The highest BCUT2D eigenvalue weighted by Crippen LogP contribution is 2.25. The van der Waals surface area contributed by atoms with E-state index in [2.05, 4.69) is 6.92 Å². The van der Waals surface area contributed by atoms with Crippen LogP contribution in [0.4, 0.5) is 8.78 Å². The fourth-order valence-corrected chi connectivity index (χ4v) is 1.45. The minimum Gasteiger partial charge on any atom is -0.317 e. The number of halogens is 2. The van der Waals surface area contributed by atoms with Crippen LogP contribution in [-0.4, -0.2) is 6.43 Å². The van der Waals surface area contributed by atoms with Crippen molar-refractivity contribution in [2.75, 3.05) is 0 Å². The molecule has 0 saturated heterocycles. The van der Waals surface area contributed by atoms with Crippen molar-refractivity contribution >= 4 is 0 Å². The van der Waals surface area contributed by atoms with E-state index in [0.29, 0.717) is 5.56 Å². The molecule has 0 bridgehead atoms. The van der Waals surface area contributed by atoms with E-state index >= 15 is 0 Å². The van der Waals surface area contributed by atoms with Gasteiger partial charge < -0.3 is 5.73 Å². The summed E-state index contributed by atoms with van der Waals surface area (Å²) < 4.78 is 25.2. The van der Waals surface area contributed by atoms with Crippen molar-refractivity contribution in [1.29, 1.82) is 0 Å². The molecule has 0 aliphatic rings. The molecule has 0 aromatic heterocycles. The van der Waals surface area contributed by atoms with Crippen molar-refractivity contribution in [3.8, 4) is 0 Å². The average molecular weight is 213 g/mol. The van der Waals surface area contributed by atoms with Crippen LogP contribution in [0.2, 0.25) is 0 Å². The number of rotatable bonds is 4. The third kappa shape index (κ3) is 2.75. The van der Waals surface area contributed by atoms with Crippen LogP contribution in [0.3, 0.4) is 0 Å². The summed E-state index contributed by atoms with van der Waals surface area (Å²) in [6.07, 6.45) is -0.529. The van der Waals surface area contributed by atoms with E-state index in [-0.39, 0.29) is 0 Å². The van der Waals surface area contributed by atoms with Gasteiger partial charge in [0.25, 0.3) is 6.43 Å². The lowest BCUT2D eigenvalue weighted by molar-refractivity contribution is 0.0625. The van der Waals surface area contributed by atoms with Gasteiger partial charge in [-0.05, 0) is 24.5 Å². The smallest absolute Gasteiger partial charge is 0.260 e. The molecule has 2 N–H and O–H groups in total. The molecular formula is C12H17F2N. The average Bonchev–Trinajstić information content (AvgIpc) is 2.19. The molecule has 0 fully saturated rings. The molecule has 15 heavy (non-hydrogen) atoms. The Hall–Kier alpha value is -0.960. The van der Waals surface area contributed by atoms with Gasteiger partial charge in [0.2, 0.25) is 0 Å². The van der Waals surface area contributed by atoms with Crippen LogP contribution in [-0.2, 0) is 12.0 Å². The fraction of sp³-hybridized carbons (Fsp3) is 0.500. The highest BCUT2D eigenvalue weighted by atomic mass is 19.3. The van der Waals surface area contributed by atoms with E-state index in [1.54, 1.807) is 12.1 Å². The summed E-state index contributed by atoms with van der Waals surface area (Å²) in [6, 6.07) is 7.12. The maximum Gasteiger partial charge on any atom is 0.260 e. The zero-order valence-electron chi connectivity index (χ0n) is 9.13. The van der Waals surface area contributed by atoms with Crippen molar-refractivity contribution < 1.29 is 8.78 Å². The van der Waals surface area contributed by atoms with Crippen molar-refractivity contribution in [2.45, 2.75) is 38.7 Å². The van der Waals surface area contributed by atoms with Crippen LogP contribution in [0.1, 0.15) is 31.4 Å². The first-order chi connectivity index (χ1) is 6.98. The van der Waals surface area contributed by atoms with Crippen LogP contribution in [0.5, 0.6) is 0 Å². The molecule has 0 heterocycles. The molecule has 1 atom stereocenters. The van der Waals surface area contributed by atoms with E-state index in [1.165, 1.54) is 6.92 Å². The maximum absolute atomic E-state index is 12.6. The molecule has 0 saturated carbocycles. The minimum atomic E-state index is -2.55. The first-order valence-electron chi connectivity index (χ1n) is 5.15. The number of hydrogen-bond donors (Lipinski definition) is 1. The van der Waals surface area contributed by atoms with Gasteiger partial charge in [-0.1, -0.05) is 37.6 Å². The summed E-state index contributed by atoms with van der Waals surface area (Å²) in [5, 5.41) is 0. The predicted molar refractivity (Wildman–Crippen MR) is 58.0 cm³/mol. The Morgan fingerprint density at radius 2 is 1.80 bits per heavy atom. The van der Waals surface area contributed by atoms with Crippen molar-refractivity contribution in [3.05, 3.63) is 35.4 Å². The van der Waals surface area contributed by atoms with Gasteiger partial charge in [-0.25, -0.2) is 8.78 Å². The minimum absolute atomic E-state index is 0.484. The van der Waals surface area contributed by atoms with Gasteiger partial charge in [0, 0.05) is 0 Å². The van der Waals surface area contributed by atoms with Gasteiger partial charge in [0.15, 0.2) is 0 Å². The number of aryl methyl sites for hydroxylation is 1. The fourth-order valence-electron chi connectivity index (χ4n) is 1.45. The van der Waals surface area contributed by atoms with Gasteiger partial charge >= 0.3 is 0 Å². The van der Waals surface area contributed by atoms with E-state index in [0.717, 1.165) is 18.4 Å².